The second kappa shape index (κ2) is 7.17. The van der Waals surface area contributed by atoms with Crippen LogP contribution in [0, 0.1) is 0 Å². The first kappa shape index (κ1) is 12.9. The summed E-state index contributed by atoms with van der Waals surface area (Å²) in [5.74, 6) is 0. The minimum atomic E-state index is -0.583. The van der Waals surface area contributed by atoms with Crippen molar-refractivity contribution in [3.05, 3.63) is 0 Å². The predicted molar refractivity (Wildman–Crippen MR) is 60.8 cm³/mol. The zero-order chi connectivity index (χ0) is 11.1. The summed E-state index contributed by atoms with van der Waals surface area (Å²) >= 11 is 0. The first-order valence-corrected chi connectivity index (χ1v) is 5.95. The van der Waals surface area contributed by atoms with E-state index in [1.54, 1.807) is 0 Å². The monoisotopic (exact) mass is 216 g/mol. The highest BCUT2D eigenvalue weighted by atomic mass is 16.3. The molecule has 1 fully saturated rings. The van der Waals surface area contributed by atoms with E-state index in [2.05, 4.69) is 10.2 Å². The number of likely N-dealkylation sites (tertiary alicyclic amines) is 1. The molecule has 0 saturated carbocycles. The van der Waals surface area contributed by atoms with Crippen molar-refractivity contribution in [3.63, 3.8) is 0 Å². The van der Waals surface area contributed by atoms with Crippen LogP contribution in [0.5, 0.6) is 0 Å². The van der Waals surface area contributed by atoms with Crippen LogP contribution in [-0.2, 0) is 0 Å². The topological polar surface area (TPSA) is 55.7 Å². The second-order valence-electron chi connectivity index (χ2n) is 4.37. The van der Waals surface area contributed by atoms with Crippen molar-refractivity contribution < 1.29 is 10.2 Å². The summed E-state index contributed by atoms with van der Waals surface area (Å²) < 4.78 is 0. The van der Waals surface area contributed by atoms with Crippen molar-refractivity contribution in [2.75, 3.05) is 33.3 Å². The third-order valence-electron chi connectivity index (χ3n) is 3.13. The number of rotatable bonds is 6. The lowest BCUT2D eigenvalue weighted by Crippen LogP contribution is -2.45. The number of nitrogens with zero attached hydrogens (tertiary/aromatic N) is 1. The summed E-state index contributed by atoms with van der Waals surface area (Å²) in [5, 5.41) is 21.4. The minimum Gasteiger partial charge on any atom is -0.394 e. The number of hydrogen-bond donors (Lipinski definition) is 3. The second-order valence-corrected chi connectivity index (χ2v) is 4.37. The fourth-order valence-electron chi connectivity index (χ4n) is 2.27. The number of β-amino-alcohol motifs (C(OH)–C–C–N with tert-alkyl or cyclic N) is 1. The van der Waals surface area contributed by atoms with Crippen molar-refractivity contribution in [2.45, 2.75) is 37.8 Å². The van der Waals surface area contributed by atoms with E-state index in [-0.39, 0.29) is 6.61 Å². The van der Waals surface area contributed by atoms with Crippen LogP contribution in [0.4, 0.5) is 0 Å². The Hall–Kier alpha value is -0.160. The summed E-state index contributed by atoms with van der Waals surface area (Å²) in [5.41, 5.74) is 0. The van der Waals surface area contributed by atoms with Gasteiger partial charge in [0.2, 0.25) is 0 Å². The smallest absolute Gasteiger partial charge is 0.0897 e. The zero-order valence-electron chi connectivity index (χ0n) is 9.65. The van der Waals surface area contributed by atoms with E-state index in [4.69, 9.17) is 5.11 Å². The molecule has 1 heterocycles. The number of nitrogens with one attached hydrogen (secondary N) is 1. The Morgan fingerprint density at radius 2 is 2.27 bits per heavy atom. The molecule has 15 heavy (non-hydrogen) atoms. The fourth-order valence-corrected chi connectivity index (χ4v) is 2.27. The minimum absolute atomic E-state index is 0.130. The molecule has 0 aliphatic carbocycles. The molecule has 90 valence electrons. The van der Waals surface area contributed by atoms with Gasteiger partial charge in [0, 0.05) is 12.6 Å². The van der Waals surface area contributed by atoms with Crippen molar-refractivity contribution >= 4 is 0 Å². The predicted octanol–water partition coefficient (Wildman–Crippen LogP) is -0.196. The Morgan fingerprint density at radius 3 is 2.93 bits per heavy atom. The van der Waals surface area contributed by atoms with Crippen molar-refractivity contribution in [1.82, 2.24) is 10.2 Å². The molecule has 0 radical (unpaired) electrons. The Kier molecular flexibility index (Phi) is 6.17. The number of hydrogen-bond acceptors (Lipinski definition) is 4. The van der Waals surface area contributed by atoms with Gasteiger partial charge in [-0.05, 0) is 39.4 Å². The summed E-state index contributed by atoms with van der Waals surface area (Å²) in [7, 11) is 1.97. The van der Waals surface area contributed by atoms with Crippen molar-refractivity contribution in [2.24, 2.45) is 0 Å². The molecule has 1 saturated heterocycles. The molecular weight excluding hydrogens is 192 g/mol. The van der Waals surface area contributed by atoms with Gasteiger partial charge < -0.3 is 15.5 Å². The Morgan fingerprint density at radius 1 is 1.47 bits per heavy atom. The highest BCUT2D eigenvalue weighted by Crippen LogP contribution is 2.19. The normalized spacial score (nSPS) is 25.4. The quantitative estimate of drug-likeness (QED) is 0.576. The molecule has 4 heteroatoms. The van der Waals surface area contributed by atoms with E-state index in [0.717, 1.165) is 19.5 Å². The third-order valence-corrected chi connectivity index (χ3v) is 3.13. The maximum Gasteiger partial charge on any atom is 0.0897 e. The third kappa shape index (κ3) is 4.47. The molecule has 0 spiro atoms. The summed E-state index contributed by atoms with van der Waals surface area (Å²) in [4.78, 5) is 2.32. The van der Waals surface area contributed by atoms with Gasteiger partial charge in [0.05, 0.1) is 12.7 Å². The van der Waals surface area contributed by atoms with Gasteiger partial charge in [-0.25, -0.2) is 0 Å². The molecule has 0 amide bonds. The van der Waals surface area contributed by atoms with Gasteiger partial charge in [-0.1, -0.05) is 6.42 Å². The standard InChI is InChI=1S/C11H24N2O2/c1-12-6-5-10-4-2-3-7-13(10)8-11(15)9-14/h10-12,14-15H,2-9H2,1H3. The molecule has 2 atom stereocenters. The largest absolute Gasteiger partial charge is 0.394 e. The summed E-state index contributed by atoms with van der Waals surface area (Å²) in [6.45, 7) is 2.57. The average molecular weight is 216 g/mol. The van der Waals surface area contributed by atoms with Crippen molar-refractivity contribution in [3.8, 4) is 0 Å². The molecular formula is C11H24N2O2. The lowest BCUT2D eigenvalue weighted by Gasteiger charge is -2.36. The Balaban J connectivity index is 2.35. The maximum absolute atomic E-state index is 9.45. The summed E-state index contributed by atoms with van der Waals surface area (Å²) in [6.07, 6.45) is 4.28. The lowest BCUT2D eigenvalue weighted by atomic mass is 9.99. The van der Waals surface area contributed by atoms with E-state index in [1.165, 1.54) is 19.3 Å². The Bertz CT molecular complexity index is 167. The molecule has 0 aromatic heterocycles. The number of aliphatic hydroxyl groups is 2. The van der Waals surface area contributed by atoms with Gasteiger partial charge in [0.15, 0.2) is 0 Å². The molecule has 0 aromatic rings. The molecule has 0 aromatic carbocycles. The van der Waals surface area contributed by atoms with Crippen LogP contribution in [0.15, 0.2) is 0 Å². The van der Waals surface area contributed by atoms with Gasteiger partial charge in [-0.3, -0.25) is 4.90 Å². The molecule has 1 aliphatic rings. The molecule has 4 nitrogen and oxygen atoms in total. The Labute approximate surface area is 92.3 Å². The fraction of sp³-hybridized carbons (Fsp3) is 1.00. The molecule has 1 rings (SSSR count). The van der Waals surface area contributed by atoms with Crippen LogP contribution < -0.4 is 5.32 Å². The van der Waals surface area contributed by atoms with Gasteiger partial charge in [-0.2, -0.15) is 0 Å². The van der Waals surface area contributed by atoms with E-state index in [9.17, 15) is 5.11 Å². The number of aliphatic hydroxyl groups excluding tert-OH is 2. The summed E-state index contributed by atoms with van der Waals surface area (Å²) in [6, 6.07) is 0.576. The average Bonchev–Trinajstić information content (AvgIpc) is 2.28. The first-order valence-electron chi connectivity index (χ1n) is 5.95. The highest BCUT2D eigenvalue weighted by Gasteiger charge is 2.23. The van der Waals surface area contributed by atoms with E-state index >= 15 is 0 Å². The maximum atomic E-state index is 9.45. The van der Waals surface area contributed by atoms with Crippen LogP contribution in [0.3, 0.4) is 0 Å². The molecule has 0 bridgehead atoms. The lowest BCUT2D eigenvalue weighted by molar-refractivity contribution is 0.0314. The van der Waals surface area contributed by atoms with Gasteiger partial charge in [0.25, 0.3) is 0 Å². The SMILES string of the molecule is CNCCC1CCCCN1CC(O)CO. The van der Waals surface area contributed by atoms with Crippen LogP contribution in [0.2, 0.25) is 0 Å². The van der Waals surface area contributed by atoms with Gasteiger partial charge in [0.1, 0.15) is 0 Å². The van der Waals surface area contributed by atoms with E-state index in [1.807, 2.05) is 7.05 Å². The van der Waals surface area contributed by atoms with E-state index < -0.39 is 6.10 Å². The van der Waals surface area contributed by atoms with E-state index in [0.29, 0.717) is 12.6 Å². The molecule has 3 N–H and O–H groups in total. The highest BCUT2D eigenvalue weighted by molar-refractivity contribution is 4.79. The number of piperidine rings is 1. The zero-order valence-corrected chi connectivity index (χ0v) is 9.65. The van der Waals surface area contributed by atoms with Crippen LogP contribution in [-0.4, -0.2) is 60.5 Å². The van der Waals surface area contributed by atoms with Gasteiger partial charge >= 0.3 is 0 Å². The first-order chi connectivity index (χ1) is 7.27. The van der Waals surface area contributed by atoms with Crippen LogP contribution >= 0.6 is 0 Å². The molecule has 2 unspecified atom stereocenters. The van der Waals surface area contributed by atoms with Crippen LogP contribution in [0.1, 0.15) is 25.7 Å². The molecule has 1 aliphatic heterocycles. The van der Waals surface area contributed by atoms with Crippen LogP contribution in [0.25, 0.3) is 0 Å². The van der Waals surface area contributed by atoms with Crippen molar-refractivity contribution in [1.29, 1.82) is 0 Å². The van der Waals surface area contributed by atoms with Gasteiger partial charge in [-0.15, -0.1) is 0 Å².